The minimum Gasteiger partial charge on any atom is -0.478 e. The summed E-state index contributed by atoms with van der Waals surface area (Å²) >= 11 is 1.61. The van der Waals surface area contributed by atoms with Gasteiger partial charge in [0.2, 0.25) is 0 Å². The number of hydrogen-bond donors (Lipinski definition) is 1. The van der Waals surface area contributed by atoms with Gasteiger partial charge in [-0.1, -0.05) is 13.8 Å². The monoisotopic (exact) mass is 409 g/mol. The largest absolute Gasteiger partial charge is 0.478 e. The highest BCUT2D eigenvalue weighted by molar-refractivity contribution is 7.16. The van der Waals surface area contributed by atoms with Crippen molar-refractivity contribution >= 4 is 23.0 Å². The van der Waals surface area contributed by atoms with Crippen molar-refractivity contribution in [1.82, 2.24) is 4.90 Å². The fourth-order valence-electron chi connectivity index (χ4n) is 4.45. The molecule has 29 heavy (non-hydrogen) atoms. The molecule has 0 unspecified atom stereocenters. The van der Waals surface area contributed by atoms with Crippen LogP contribution in [0.4, 0.5) is 5.69 Å². The van der Waals surface area contributed by atoms with Crippen molar-refractivity contribution in [3.63, 3.8) is 0 Å². The maximum Gasteiger partial charge on any atom is 0.337 e. The molecule has 1 aromatic carbocycles. The standard InChI is InChI=1S/C23H27N3O2S/c1-23(2)7-6-19-17(13-23)20(22(27)28)21(29-19)16-12-15(14-24)4-5-18(16)26-10-8-25(3)9-11-26/h4-5,12H,6-11,13H2,1-3H3,(H,27,28). The number of aromatic carboxylic acids is 1. The number of carboxylic acid groups (broad SMARTS) is 1. The van der Waals surface area contributed by atoms with Crippen molar-refractivity contribution in [3.8, 4) is 16.5 Å². The van der Waals surface area contributed by atoms with E-state index >= 15 is 0 Å². The van der Waals surface area contributed by atoms with Gasteiger partial charge in [0.15, 0.2) is 0 Å². The van der Waals surface area contributed by atoms with Crippen LogP contribution >= 0.6 is 11.3 Å². The van der Waals surface area contributed by atoms with Crippen LogP contribution in [0.25, 0.3) is 10.4 Å². The number of hydrogen-bond acceptors (Lipinski definition) is 5. The lowest BCUT2D eigenvalue weighted by Gasteiger charge is -2.35. The van der Waals surface area contributed by atoms with Gasteiger partial charge in [0, 0.05) is 42.3 Å². The number of nitriles is 1. The van der Waals surface area contributed by atoms with Crippen molar-refractivity contribution in [3.05, 3.63) is 39.8 Å². The third kappa shape index (κ3) is 3.77. The van der Waals surface area contributed by atoms with Gasteiger partial charge >= 0.3 is 5.97 Å². The molecular formula is C23H27N3O2S. The summed E-state index contributed by atoms with van der Waals surface area (Å²) in [5.74, 6) is -0.859. The Morgan fingerprint density at radius 3 is 2.62 bits per heavy atom. The predicted molar refractivity (Wildman–Crippen MR) is 117 cm³/mol. The molecule has 2 aromatic rings. The Bertz CT molecular complexity index is 994. The Hall–Kier alpha value is -2.36. The van der Waals surface area contributed by atoms with Gasteiger partial charge in [-0.05, 0) is 55.5 Å². The Labute approximate surface area is 176 Å². The van der Waals surface area contributed by atoms with Crippen LogP contribution in [0.2, 0.25) is 0 Å². The number of anilines is 1. The summed E-state index contributed by atoms with van der Waals surface area (Å²) in [5.41, 5.74) is 4.06. The second-order valence-corrected chi connectivity index (χ2v) is 10.1. The second-order valence-electron chi connectivity index (χ2n) is 8.99. The average Bonchev–Trinajstić information content (AvgIpc) is 3.05. The summed E-state index contributed by atoms with van der Waals surface area (Å²) in [5, 5.41) is 19.6. The Morgan fingerprint density at radius 2 is 1.97 bits per heavy atom. The molecular weight excluding hydrogens is 382 g/mol. The third-order valence-electron chi connectivity index (χ3n) is 6.20. The minimum absolute atomic E-state index is 0.115. The topological polar surface area (TPSA) is 67.6 Å². The van der Waals surface area contributed by atoms with Crippen LogP contribution < -0.4 is 4.90 Å². The van der Waals surface area contributed by atoms with Gasteiger partial charge in [-0.25, -0.2) is 4.79 Å². The zero-order valence-corrected chi connectivity index (χ0v) is 18.1. The molecule has 1 aromatic heterocycles. The summed E-state index contributed by atoms with van der Waals surface area (Å²) in [6.45, 7) is 8.17. The average molecular weight is 410 g/mol. The van der Waals surface area contributed by atoms with E-state index in [2.05, 4.69) is 36.8 Å². The third-order valence-corrected chi connectivity index (χ3v) is 7.53. The molecule has 0 spiro atoms. The van der Waals surface area contributed by atoms with E-state index in [9.17, 15) is 15.2 Å². The number of carbonyl (C=O) groups is 1. The first-order valence-electron chi connectivity index (χ1n) is 10.1. The first-order valence-corrected chi connectivity index (χ1v) is 11.0. The number of rotatable bonds is 3. The second kappa shape index (κ2) is 7.47. The van der Waals surface area contributed by atoms with E-state index in [-0.39, 0.29) is 5.41 Å². The number of aryl methyl sites for hydroxylation is 1. The van der Waals surface area contributed by atoms with Crippen molar-refractivity contribution in [2.24, 2.45) is 5.41 Å². The summed E-state index contributed by atoms with van der Waals surface area (Å²) in [4.78, 5) is 19.0. The highest BCUT2D eigenvalue weighted by atomic mass is 32.1. The van der Waals surface area contributed by atoms with Crippen LogP contribution in [-0.4, -0.2) is 49.2 Å². The molecule has 2 aliphatic rings. The number of thiophene rings is 1. The van der Waals surface area contributed by atoms with Crippen molar-refractivity contribution in [2.45, 2.75) is 33.1 Å². The molecule has 1 aliphatic heterocycles. The number of fused-ring (bicyclic) bond motifs is 1. The molecule has 0 saturated carbocycles. The van der Waals surface area contributed by atoms with Crippen LogP contribution in [0, 0.1) is 16.7 Å². The van der Waals surface area contributed by atoms with Gasteiger partial charge in [0.05, 0.1) is 22.1 Å². The van der Waals surface area contributed by atoms with Gasteiger partial charge < -0.3 is 14.9 Å². The predicted octanol–water partition coefficient (Wildman–Crippen LogP) is 4.25. The Morgan fingerprint density at radius 1 is 1.24 bits per heavy atom. The van der Waals surface area contributed by atoms with Crippen molar-refractivity contribution in [2.75, 3.05) is 38.1 Å². The highest BCUT2D eigenvalue weighted by Crippen LogP contribution is 2.47. The lowest BCUT2D eigenvalue weighted by Crippen LogP contribution is -2.44. The SMILES string of the molecule is CN1CCN(c2ccc(C#N)cc2-c2sc3c(c2C(=O)O)CC(C)(C)CC3)CC1. The summed E-state index contributed by atoms with van der Waals surface area (Å²) in [6.07, 6.45) is 2.79. The molecule has 152 valence electrons. The fraction of sp³-hybridized carbons (Fsp3) is 0.478. The molecule has 0 radical (unpaired) electrons. The molecule has 1 aliphatic carbocycles. The van der Waals surface area contributed by atoms with Crippen molar-refractivity contribution in [1.29, 1.82) is 5.26 Å². The number of benzene rings is 1. The molecule has 1 N–H and O–H groups in total. The fourth-order valence-corrected chi connectivity index (χ4v) is 5.78. The number of piperazine rings is 1. The summed E-state index contributed by atoms with van der Waals surface area (Å²) in [7, 11) is 2.12. The van der Waals surface area contributed by atoms with Crippen molar-refractivity contribution < 1.29 is 9.90 Å². The lowest BCUT2D eigenvalue weighted by atomic mass is 9.76. The summed E-state index contributed by atoms with van der Waals surface area (Å²) in [6, 6.07) is 7.94. The Balaban J connectivity index is 1.87. The Kier molecular flexibility index (Phi) is 5.14. The van der Waals surface area contributed by atoms with Crippen LogP contribution in [0.1, 0.15) is 46.6 Å². The van der Waals surface area contributed by atoms with Crippen LogP contribution in [-0.2, 0) is 12.8 Å². The van der Waals surface area contributed by atoms with Gasteiger partial charge in [0.1, 0.15) is 0 Å². The van der Waals surface area contributed by atoms with Gasteiger partial charge in [-0.2, -0.15) is 5.26 Å². The highest BCUT2D eigenvalue weighted by Gasteiger charge is 2.34. The molecule has 1 fully saturated rings. The maximum atomic E-state index is 12.3. The molecule has 0 bridgehead atoms. The molecule has 2 heterocycles. The maximum absolute atomic E-state index is 12.3. The molecule has 6 heteroatoms. The van der Waals surface area contributed by atoms with Crippen LogP contribution in [0.15, 0.2) is 18.2 Å². The van der Waals surface area contributed by atoms with Crippen LogP contribution in [0.5, 0.6) is 0 Å². The van der Waals surface area contributed by atoms with E-state index in [4.69, 9.17) is 0 Å². The molecule has 0 amide bonds. The van der Waals surface area contributed by atoms with E-state index in [0.29, 0.717) is 11.1 Å². The quantitative estimate of drug-likeness (QED) is 0.821. The van der Waals surface area contributed by atoms with E-state index in [0.717, 1.165) is 67.1 Å². The molecule has 0 atom stereocenters. The van der Waals surface area contributed by atoms with E-state index < -0.39 is 5.97 Å². The first kappa shape index (κ1) is 19.9. The number of nitrogens with zero attached hydrogens (tertiary/aromatic N) is 3. The summed E-state index contributed by atoms with van der Waals surface area (Å²) < 4.78 is 0. The number of carboxylic acids is 1. The van der Waals surface area contributed by atoms with Gasteiger partial charge in [-0.15, -0.1) is 11.3 Å². The smallest absolute Gasteiger partial charge is 0.337 e. The zero-order valence-electron chi connectivity index (χ0n) is 17.3. The van der Waals surface area contributed by atoms with Crippen LogP contribution in [0.3, 0.4) is 0 Å². The number of likely N-dealkylation sites (N-methyl/N-ethyl adjacent to an activating group) is 1. The minimum atomic E-state index is -0.859. The van der Waals surface area contributed by atoms with Gasteiger partial charge in [-0.3, -0.25) is 0 Å². The van der Waals surface area contributed by atoms with E-state index in [1.165, 1.54) is 4.88 Å². The molecule has 1 saturated heterocycles. The van der Waals surface area contributed by atoms with E-state index in [1.807, 2.05) is 18.2 Å². The van der Waals surface area contributed by atoms with Gasteiger partial charge in [0.25, 0.3) is 0 Å². The normalized spacial score (nSPS) is 18.9. The molecule has 5 nitrogen and oxygen atoms in total. The molecule has 4 rings (SSSR count). The van der Waals surface area contributed by atoms with E-state index in [1.54, 1.807) is 11.3 Å². The zero-order chi connectivity index (χ0) is 20.8. The first-order chi connectivity index (χ1) is 13.8. The lowest BCUT2D eigenvalue weighted by molar-refractivity contribution is 0.0696.